The number of rotatable bonds is 10. The van der Waals surface area contributed by atoms with Crippen molar-refractivity contribution in [3.63, 3.8) is 0 Å². The second kappa shape index (κ2) is 12.9. The van der Waals surface area contributed by atoms with Crippen LogP contribution < -0.4 is 13.7 Å². The Morgan fingerprint density at radius 3 is 2.36 bits per heavy atom. The molecule has 7 nitrogen and oxygen atoms in total. The summed E-state index contributed by atoms with van der Waals surface area (Å²) >= 11 is 1.51. The molecule has 0 atom stereocenters. The van der Waals surface area contributed by atoms with Crippen LogP contribution >= 0.6 is 23.7 Å². The summed E-state index contributed by atoms with van der Waals surface area (Å²) in [6.45, 7) is 5.32. The van der Waals surface area contributed by atoms with Crippen LogP contribution in [0.25, 0.3) is 20.5 Å². The third kappa shape index (κ3) is 7.36. The maximum atomic E-state index is 12.3. The van der Waals surface area contributed by atoms with Crippen LogP contribution in [0.3, 0.4) is 0 Å². The van der Waals surface area contributed by atoms with Gasteiger partial charge in [-0.05, 0) is 80.7 Å². The van der Waals surface area contributed by atoms with Gasteiger partial charge < -0.3 is 18.8 Å². The maximum Gasteiger partial charge on any atom is 0.308 e. The lowest BCUT2D eigenvalue weighted by Crippen LogP contribution is -2.33. The third-order valence-electron chi connectivity index (χ3n) is 6.50. The highest BCUT2D eigenvalue weighted by Gasteiger charge is 2.20. The number of nitrogens with zero attached hydrogens (tertiary/aromatic N) is 1. The standard InChI is InChI=1S/C29H31NO6S2.ClH/c1-2-38(32,33)36-26-20-25(31)27(19-24(26)29-18-21-8-4-5-9-28(21)37-29)35-23-12-10-22(11-13-23)34-17-16-30-14-6-3-7-15-30;/h4-5,8-13,18-20,31H,2-3,6-7,14-17H2,1H3;1H. The zero-order chi connectivity index (χ0) is 26.5. The van der Waals surface area contributed by atoms with Gasteiger partial charge in [0.1, 0.15) is 18.1 Å². The van der Waals surface area contributed by atoms with Crippen LogP contribution in [0, 0.1) is 0 Å². The van der Waals surface area contributed by atoms with E-state index in [0.717, 1.165) is 40.3 Å². The van der Waals surface area contributed by atoms with Crippen LogP contribution in [-0.4, -0.2) is 50.4 Å². The fourth-order valence-corrected chi connectivity index (χ4v) is 6.02. The van der Waals surface area contributed by atoms with E-state index in [4.69, 9.17) is 13.7 Å². The van der Waals surface area contributed by atoms with Gasteiger partial charge in [0, 0.05) is 27.8 Å². The fourth-order valence-electron chi connectivity index (χ4n) is 4.41. The van der Waals surface area contributed by atoms with Crippen molar-refractivity contribution < 1.29 is 27.2 Å². The minimum atomic E-state index is -3.81. The molecule has 1 aliphatic heterocycles. The second-order valence-electron chi connectivity index (χ2n) is 9.22. The predicted octanol–water partition coefficient (Wildman–Crippen LogP) is 7.08. The van der Waals surface area contributed by atoms with Gasteiger partial charge in [0.2, 0.25) is 0 Å². The molecule has 2 heterocycles. The molecule has 0 spiro atoms. The topological polar surface area (TPSA) is 85.3 Å². The first-order valence-corrected chi connectivity index (χ1v) is 15.2. The van der Waals surface area contributed by atoms with Crippen LogP contribution in [0.15, 0.2) is 66.7 Å². The molecule has 1 N–H and O–H groups in total. The van der Waals surface area contributed by atoms with Crippen molar-refractivity contribution in [1.29, 1.82) is 0 Å². The van der Waals surface area contributed by atoms with E-state index in [2.05, 4.69) is 4.90 Å². The van der Waals surface area contributed by atoms with E-state index in [9.17, 15) is 13.5 Å². The molecule has 1 aliphatic rings. The molecule has 208 valence electrons. The highest BCUT2D eigenvalue weighted by molar-refractivity contribution is 7.87. The lowest BCUT2D eigenvalue weighted by molar-refractivity contribution is 0.183. The van der Waals surface area contributed by atoms with Gasteiger partial charge in [-0.15, -0.1) is 23.7 Å². The number of halogens is 1. The lowest BCUT2D eigenvalue weighted by Gasteiger charge is -2.26. The number of aromatic hydroxyl groups is 1. The number of benzene rings is 3. The van der Waals surface area contributed by atoms with Gasteiger partial charge in [0.05, 0.1) is 5.75 Å². The summed E-state index contributed by atoms with van der Waals surface area (Å²) in [6.07, 6.45) is 3.82. The molecule has 0 bridgehead atoms. The Bertz CT molecular complexity index is 1470. The van der Waals surface area contributed by atoms with Crippen molar-refractivity contribution >= 4 is 43.9 Å². The third-order valence-corrected chi connectivity index (χ3v) is 8.79. The van der Waals surface area contributed by atoms with E-state index in [1.165, 1.54) is 43.6 Å². The van der Waals surface area contributed by atoms with Gasteiger partial charge in [-0.1, -0.05) is 24.6 Å². The van der Waals surface area contributed by atoms with Crippen molar-refractivity contribution in [2.75, 3.05) is 32.0 Å². The number of piperidine rings is 1. The molecule has 3 aromatic carbocycles. The maximum absolute atomic E-state index is 12.3. The van der Waals surface area contributed by atoms with E-state index < -0.39 is 10.1 Å². The Morgan fingerprint density at radius 1 is 0.923 bits per heavy atom. The molecule has 0 radical (unpaired) electrons. The number of thiophene rings is 1. The first-order chi connectivity index (χ1) is 18.4. The van der Waals surface area contributed by atoms with E-state index >= 15 is 0 Å². The normalized spacial score (nSPS) is 14.1. The van der Waals surface area contributed by atoms with E-state index in [-0.39, 0.29) is 35.4 Å². The molecule has 5 rings (SSSR count). The van der Waals surface area contributed by atoms with E-state index in [1.807, 2.05) is 42.5 Å². The van der Waals surface area contributed by atoms with Gasteiger partial charge in [0.25, 0.3) is 0 Å². The number of hydrogen-bond donors (Lipinski definition) is 1. The molecule has 39 heavy (non-hydrogen) atoms. The molecule has 1 fully saturated rings. The van der Waals surface area contributed by atoms with Crippen molar-refractivity contribution in [3.8, 4) is 39.2 Å². The zero-order valence-corrected chi connectivity index (χ0v) is 24.1. The molecule has 0 unspecified atom stereocenters. The first-order valence-electron chi connectivity index (χ1n) is 12.8. The molecule has 0 saturated carbocycles. The Hall–Kier alpha value is -2.98. The Morgan fingerprint density at radius 2 is 1.64 bits per heavy atom. The average Bonchev–Trinajstić information content (AvgIpc) is 3.36. The lowest BCUT2D eigenvalue weighted by atomic mass is 10.1. The van der Waals surface area contributed by atoms with Crippen LogP contribution in [0.4, 0.5) is 0 Å². The summed E-state index contributed by atoms with van der Waals surface area (Å²) in [5.41, 5.74) is 0.522. The van der Waals surface area contributed by atoms with Crippen LogP contribution in [0.5, 0.6) is 28.7 Å². The van der Waals surface area contributed by atoms with Crippen molar-refractivity contribution in [1.82, 2.24) is 4.90 Å². The predicted molar refractivity (Wildman–Crippen MR) is 159 cm³/mol. The van der Waals surface area contributed by atoms with Gasteiger partial charge in [0.15, 0.2) is 17.2 Å². The van der Waals surface area contributed by atoms with Crippen molar-refractivity contribution in [2.24, 2.45) is 0 Å². The minimum absolute atomic E-state index is 0. The molecule has 4 aromatic rings. The van der Waals surface area contributed by atoms with E-state index in [1.54, 1.807) is 18.2 Å². The summed E-state index contributed by atoms with van der Waals surface area (Å²) in [5.74, 6) is 1.10. The van der Waals surface area contributed by atoms with Crippen LogP contribution in [0.1, 0.15) is 26.2 Å². The molecule has 10 heteroatoms. The molecule has 0 aliphatic carbocycles. The molecular weight excluding hydrogens is 558 g/mol. The van der Waals surface area contributed by atoms with Gasteiger partial charge in [-0.2, -0.15) is 8.42 Å². The quantitative estimate of drug-likeness (QED) is 0.198. The van der Waals surface area contributed by atoms with E-state index in [0.29, 0.717) is 17.9 Å². The highest BCUT2D eigenvalue weighted by atomic mass is 35.5. The molecule has 0 amide bonds. The van der Waals surface area contributed by atoms with Gasteiger partial charge in [-0.25, -0.2) is 0 Å². The number of hydrogen-bond acceptors (Lipinski definition) is 8. The Kier molecular flexibility index (Phi) is 9.61. The Balaban J connectivity index is 0.00000353. The molecule has 1 aromatic heterocycles. The summed E-state index contributed by atoms with van der Waals surface area (Å²) in [6, 6.07) is 20.0. The van der Waals surface area contributed by atoms with Gasteiger partial charge >= 0.3 is 10.1 Å². The van der Waals surface area contributed by atoms with Crippen molar-refractivity contribution in [3.05, 3.63) is 66.7 Å². The smallest absolute Gasteiger partial charge is 0.308 e. The number of fused-ring (bicyclic) bond motifs is 1. The van der Waals surface area contributed by atoms with Gasteiger partial charge in [-0.3, -0.25) is 4.90 Å². The zero-order valence-electron chi connectivity index (χ0n) is 21.7. The molecule has 1 saturated heterocycles. The Labute approximate surface area is 239 Å². The highest BCUT2D eigenvalue weighted by Crippen LogP contribution is 2.45. The number of phenols is 1. The first kappa shape index (κ1) is 29.0. The van der Waals surface area contributed by atoms with Crippen LogP contribution in [-0.2, 0) is 10.1 Å². The summed E-state index contributed by atoms with van der Waals surface area (Å²) in [5, 5.41) is 11.7. The number of phenolic OH excluding ortho intramolecular Hbond substituents is 1. The monoisotopic (exact) mass is 589 g/mol. The van der Waals surface area contributed by atoms with Crippen molar-refractivity contribution in [2.45, 2.75) is 26.2 Å². The number of likely N-dealkylation sites (tertiary alicyclic amines) is 1. The summed E-state index contributed by atoms with van der Waals surface area (Å²) in [4.78, 5) is 3.23. The fraction of sp³-hybridized carbons (Fsp3) is 0.310. The average molecular weight is 590 g/mol. The SMILES string of the molecule is CCS(=O)(=O)Oc1cc(O)c(Oc2ccc(OCCN3CCCCC3)cc2)cc1-c1cc2ccccc2s1.Cl. The second-order valence-corrected chi connectivity index (χ2v) is 12.2. The largest absolute Gasteiger partial charge is 0.504 e. The van der Waals surface area contributed by atoms with Crippen LogP contribution in [0.2, 0.25) is 0 Å². The summed E-state index contributed by atoms with van der Waals surface area (Å²) in [7, 11) is -3.81. The summed E-state index contributed by atoms with van der Waals surface area (Å²) < 4.78 is 42.8. The minimum Gasteiger partial charge on any atom is -0.504 e. The molecular formula is C29H32ClNO6S2. The number of ether oxygens (including phenoxy) is 2.